The fraction of sp³-hybridized carbons (Fsp3) is 0. The monoisotopic (exact) mass is 412 g/mol. The van der Waals surface area contributed by atoms with Gasteiger partial charge >= 0.3 is 6.03 Å². The number of hydrogen-bond acceptors (Lipinski definition) is 1. The van der Waals surface area contributed by atoms with Crippen LogP contribution in [0.4, 0.5) is 16.2 Å². The molecule has 0 spiro atoms. The lowest BCUT2D eigenvalue weighted by Gasteiger charge is -2.16. The van der Waals surface area contributed by atoms with E-state index < -0.39 is 0 Å². The maximum atomic E-state index is 13.3. The quantitative estimate of drug-likeness (QED) is 0.278. The minimum atomic E-state index is -0.256. The van der Waals surface area contributed by atoms with Crippen molar-refractivity contribution < 1.29 is 4.79 Å². The van der Waals surface area contributed by atoms with E-state index >= 15 is 0 Å². The van der Waals surface area contributed by atoms with Gasteiger partial charge in [0.1, 0.15) is 0 Å². The van der Waals surface area contributed by atoms with Crippen molar-refractivity contribution >= 4 is 60.5 Å². The van der Waals surface area contributed by atoms with Gasteiger partial charge in [-0.3, -0.25) is 0 Å². The minimum absolute atomic E-state index is 0.256. The van der Waals surface area contributed by atoms with Gasteiger partial charge in [-0.2, -0.15) is 0 Å². The van der Waals surface area contributed by atoms with Crippen molar-refractivity contribution in [3.05, 3.63) is 109 Å². The molecule has 0 radical (unpaired) electrons. The topological polar surface area (TPSA) is 41.1 Å². The number of amides is 2. The molecule has 0 saturated carbocycles. The van der Waals surface area contributed by atoms with E-state index in [-0.39, 0.29) is 6.03 Å². The predicted molar refractivity (Wildman–Crippen MR) is 136 cm³/mol. The van der Waals surface area contributed by atoms with Crippen LogP contribution in [0.3, 0.4) is 0 Å². The molecular weight excluding hydrogens is 392 g/mol. The molecule has 0 aromatic heterocycles. The third-order valence-corrected chi connectivity index (χ3v) is 6.02. The molecule has 0 aliphatic rings. The average Bonchev–Trinajstić information content (AvgIpc) is 2.84. The highest BCUT2D eigenvalue weighted by atomic mass is 16.2. The first-order valence-electron chi connectivity index (χ1n) is 10.7. The Kier molecular flexibility index (Phi) is 4.25. The van der Waals surface area contributed by atoms with E-state index in [1.807, 2.05) is 72.8 Å². The Labute approximate surface area is 185 Å². The summed E-state index contributed by atoms with van der Waals surface area (Å²) in [6, 6.07) is 36.6. The summed E-state index contributed by atoms with van der Waals surface area (Å²) in [6.45, 7) is 0. The highest BCUT2D eigenvalue weighted by molar-refractivity contribution is 6.20. The summed E-state index contributed by atoms with van der Waals surface area (Å²) in [4.78, 5) is 13.3. The summed E-state index contributed by atoms with van der Waals surface area (Å²) in [7, 11) is 0. The number of carbonyl (C=O) groups is 1. The lowest BCUT2D eigenvalue weighted by molar-refractivity contribution is 0.262. The standard InChI is InChI=1S/C29H20N2O/c32-29(30-27-23-13-5-1-9-19(23)17-20-10-2-6-14-24(20)27)31-28-25-15-7-3-11-21(25)18-22-12-4-8-16-26(22)28/h1-18H,(H2,30,31,32). The van der Waals surface area contributed by atoms with Crippen LogP contribution >= 0.6 is 0 Å². The van der Waals surface area contributed by atoms with E-state index in [9.17, 15) is 4.79 Å². The van der Waals surface area contributed by atoms with Gasteiger partial charge < -0.3 is 10.6 Å². The zero-order valence-electron chi connectivity index (χ0n) is 17.3. The first-order valence-corrected chi connectivity index (χ1v) is 10.7. The molecule has 0 bridgehead atoms. The molecule has 3 nitrogen and oxygen atoms in total. The molecule has 2 N–H and O–H groups in total. The molecular formula is C29H20N2O. The van der Waals surface area contributed by atoms with Crippen LogP contribution in [0.1, 0.15) is 0 Å². The average molecular weight is 412 g/mol. The van der Waals surface area contributed by atoms with Crippen LogP contribution in [0.5, 0.6) is 0 Å². The summed E-state index contributed by atoms with van der Waals surface area (Å²) in [5.74, 6) is 0. The predicted octanol–water partition coefficient (Wildman–Crippen LogP) is 7.94. The summed E-state index contributed by atoms with van der Waals surface area (Å²) in [5, 5.41) is 14.8. The van der Waals surface area contributed by atoms with E-state index in [1.165, 1.54) is 0 Å². The van der Waals surface area contributed by atoms with Gasteiger partial charge in [-0.1, -0.05) is 97.1 Å². The largest absolute Gasteiger partial charge is 0.323 e. The number of nitrogens with one attached hydrogen (secondary N) is 2. The molecule has 32 heavy (non-hydrogen) atoms. The third-order valence-electron chi connectivity index (χ3n) is 6.02. The van der Waals surface area contributed by atoms with Crippen LogP contribution in [-0.2, 0) is 0 Å². The van der Waals surface area contributed by atoms with Crippen LogP contribution < -0.4 is 10.6 Å². The lowest BCUT2D eigenvalue weighted by atomic mass is 10.0. The van der Waals surface area contributed by atoms with Crippen LogP contribution in [0.25, 0.3) is 43.1 Å². The Morgan fingerprint density at radius 2 is 0.719 bits per heavy atom. The molecule has 0 aliphatic carbocycles. The second kappa shape index (κ2) is 7.40. The van der Waals surface area contributed by atoms with E-state index in [0.29, 0.717) is 0 Å². The number of fused-ring (bicyclic) bond motifs is 4. The van der Waals surface area contributed by atoms with E-state index in [2.05, 4.69) is 47.0 Å². The molecule has 0 atom stereocenters. The van der Waals surface area contributed by atoms with Gasteiger partial charge in [0.25, 0.3) is 0 Å². The number of anilines is 2. The Hall–Kier alpha value is -4.37. The Morgan fingerprint density at radius 1 is 0.438 bits per heavy atom. The molecule has 0 heterocycles. The van der Waals surface area contributed by atoms with Crippen LogP contribution in [0.15, 0.2) is 109 Å². The smallest absolute Gasteiger partial charge is 0.307 e. The first-order chi connectivity index (χ1) is 15.8. The Balaban J connectivity index is 1.48. The molecule has 3 heteroatoms. The third kappa shape index (κ3) is 3.03. The highest BCUT2D eigenvalue weighted by Crippen LogP contribution is 2.35. The normalized spacial score (nSPS) is 11.2. The second-order valence-corrected chi connectivity index (χ2v) is 7.97. The fourth-order valence-electron chi connectivity index (χ4n) is 4.56. The fourth-order valence-corrected chi connectivity index (χ4v) is 4.56. The molecule has 6 aromatic rings. The molecule has 2 amide bonds. The summed E-state index contributed by atoms with van der Waals surface area (Å²) in [6.07, 6.45) is 0. The molecule has 6 aromatic carbocycles. The molecule has 6 rings (SSSR count). The Morgan fingerprint density at radius 3 is 1.03 bits per heavy atom. The maximum absolute atomic E-state index is 13.3. The van der Waals surface area contributed by atoms with Crippen molar-refractivity contribution in [2.45, 2.75) is 0 Å². The van der Waals surface area contributed by atoms with Crippen molar-refractivity contribution in [3.8, 4) is 0 Å². The summed E-state index contributed by atoms with van der Waals surface area (Å²) in [5.41, 5.74) is 1.64. The van der Waals surface area contributed by atoms with Crippen LogP contribution in [0, 0.1) is 0 Å². The van der Waals surface area contributed by atoms with E-state index in [4.69, 9.17) is 0 Å². The SMILES string of the molecule is O=C(Nc1c2ccccc2cc2ccccc12)Nc1c2ccccc2cc2ccccc12. The van der Waals surface area contributed by atoms with Crippen molar-refractivity contribution in [1.29, 1.82) is 0 Å². The Bertz CT molecular complexity index is 1420. The molecule has 0 fully saturated rings. The van der Waals surface area contributed by atoms with Crippen molar-refractivity contribution in [2.75, 3.05) is 10.6 Å². The zero-order valence-corrected chi connectivity index (χ0v) is 17.3. The molecule has 0 aliphatic heterocycles. The number of urea groups is 1. The summed E-state index contributed by atoms with van der Waals surface area (Å²) >= 11 is 0. The number of hydrogen-bond donors (Lipinski definition) is 2. The van der Waals surface area contributed by atoms with Gasteiger partial charge in [-0.15, -0.1) is 0 Å². The van der Waals surface area contributed by atoms with Gasteiger partial charge in [0, 0.05) is 21.5 Å². The van der Waals surface area contributed by atoms with Crippen molar-refractivity contribution in [3.63, 3.8) is 0 Å². The highest BCUT2D eigenvalue weighted by Gasteiger charge is 2.14. The van der Waals surface area contributed by atoms with Crippen LogP contribution in [-0.4, -0.2) is 6.03 Å². The number of benzene rings is 6. The van der Waals surface area contributed by atoms with Crippen LogP contribution in [0.2, 0.25) is 0 Å². The molecule has 0 unspecified atom stereocenters. The van der Waals surface area contributed by atoms with E-state index in [0.717, 1.165) is 54.5 Å². The van der Waals surface area contributed by atoms with Crippen molar-refractivity contribution in [2.24, 2.45) is 0 Å². The van der Waals surface area contributed by atoms with Gasteiger partial charge in [0.15, 0.2) is 0 Å². The van der Waals surface area contributed by atoms with Gasteiger partial charge in [0.05, 0.1) is 11.4 Å². The minimum Gasteiger partial charge on any atom is -0.307 e. The number of rotatable bonds is 2. The molecule has 152 valence electrons. The number of carbonyl (C=O) groups excluding carboxylic acids is 1. The van der Waals surface area contributed by atoms with Gasteiger partial charge in [-0.05, 0) is 33.7 Å². The second-order valence-electron chi connectivity index (χ2n) is 7.97. The zero-order chi connectivity index (χ0) is 21.5. The first kappa shape index (κ1) is 18.4. The summed E-state index contributed by atoms with van der Waals surface area (Å²) < 4.78 is 0. The van der Waals surface area contributed by atoms with Crippen molar-refractivity contribution in [1.82, 2.24) is 0 Å². The van der Waals surface area contributed by atoms with Gasteiger partial charge in [0.2, 0.25) is 0 Å². The van der Waals surface area contributed by atoms with Gasteiger partial charge in [-0.25, -0.2) is 4.79 Å². The maximum Gasteiger partial charge on any atom is 0.323 e. The lowest BCUT2D eigenvalue weighted by Crippen LogP contribution is -2.20. The van der Waals surface area contributed by atoms with E-state index in [1.54, 1.807) is 0 Å². The molecule has 0 saturated heterocycles.